The maximum absolute atomic E-state index is 14.0. The maximum Gasteiger partial charge on any atom is 0.407 e. The minimum Gasteiger partial charge on any atom is -0.453 e. The van der Waals surface area contributed by atoms with Gasteiger partial charge < -0.3 is 39.9 Å². The lowest BCUT2D eigenvalue weighted by Crippen LogP contribution is -2.54. The summed E-state index contributed by atoms with van der Waals surface area (Å²) >= 11 is 0. The molecule has 4 amide bonds. The van der Waals surface area contributed by atoms with Gasteiger partial charge in [-0.25, -0.2) is 19.6 Å². The van der Waals surface area contributed by atoms with Crippen molar-refractivity contribution in [2.45, 2.75) is 90.0 Å². The molecule has 0 unspecified atom stereocenters. The van der Waals surface area contributed by atoms with E-state index >= 15 is 0 Å². The van der Waals surface area contributed by atoms with E-state index < -0.39 is 24.3 Å². The van der Waals surface area contributed by atoms with Crippen molar-refractivity contribution >= 4 is 34.8 Å². The molecule has 4 N–H and O–H groups in total. The lowest BCUT2D eigenvalue weighted by molar-refractivity contribution is -0.139. The average Bonchev–Trinajstić information content (AvgIpc) is 4.12. The highest BCUT2D eigenvalue weighted by Gasteiger charge is 2.51. The van der Waals surface area contributed by atoms with Gasteiger partial charge in [0.25, 0.3) is 0 Å². The molecule has 5 aromatic rings. The second-order valence-electron chi connectivity index (χ2n) is 17.0. The Balaban J connectivity index is 0.955. The maximum atomic E-state index is 14.0. The highest BCUT2D eigenvalue weighted by molar-refractivity contribution is 5.91. The zero-order valence-corrected chi connectivity index (χ0v) is 35.0. The number of imidazole rings is 2. The average molecular weight is 815 g/mol. The molecule has 2 aliphatic heterocycles. The molecule has 14 nitrogen and oxygen atoms in total. The van der Waals surface area contributed by atoms with Gasteiger partial charge in [-0.3, -0.25) is 9.59 Å². The lowest BCUT2D eigenvalue weighted by Gasteiger charge is -2.37. The molecule has 8 rings (SSSR count). The van der Waals surface area contributed by atoms with Crippen LogP contribution in [0.15, 0.2) is 73.1 Å². The number of methoxy groups -OCH3 is 2. The quantitative estimate of drug-likeness (QED) is 0.105. The second-order valence-corrected chi connectivity index (χ2v) is 17.0. The molecule has 60 heavy (non-hydrogen) atoms. The molecule has 1 aliphatic carbocycles. The number of alkyl carbamates (subject to hydrolysis) is 2. The number of nitrogens with zero attached hydrogens (tertiary/aromatic N) is 4. The van der Waals surface area contributed by atoms with Crippen LogP contribution in [0.4, 0.5) is 9.59 Å². The highest BCUT2D eigenvalue weighted by atomic mass is 16.5. The number of benzene rings is 3. The number of rotatable bonds is 11. The zero-order valence-electron chi connectivity index (χ0n) is 35.0. The predicted molar refractivity (Wildman–Crippen MR) is 227 cm³/mol. The van der Waals surface area contributed by atoms with Crippen molar-refractivity contribution in [1.29, 1.82) is 0 Å². The first-order chi connectivity index (χ1) is 28.9. The van der Waals surface area contributed by atoms with Crippen molar-refractivity contribution < 1.29 is 28.7 Å². The molecular weight excluding hydrogens is 761 g/mol. The van der Waals surface area contributed by atoms with Crippen LogP contribution < -0.4 is 10.6 Å². The first-order valence-corrected chi connectivity index (χ1v) is 21.0. The fraction of sp³-hybridized carbons (Fsp3) is 0.435. The van der Waals surface area contributed by atoms with Crippen molar-refractivity contribution in [3.05, 3.63) is 84.7 Å². The van der Waals surface area contributed by atoms with E-state index in [9.17, 15) is 19.2 Å². The van der Waals surface area contributed by atoms with Crippen molar-refractivity contribution in [2.75, 3.05) is 20.8 Å². The molecule has 4 heterocycles. The third-order valence-corrected chi connectivity index (χ3v) is 12.6. The van der Waals surface area contributed by atoms with Crippen LogP contribution in [-0.2, 0) is 19.1 Å². The summed E-state index contributed by atoms with van der Waals surface area (Å²) in [5.41, 5.74) is 5.93. The van der Waals surface area contributed by atoms with E-state index in [0.717, 1.165) is 88.2 Å². The lowest BCUT2D eigenvalue weighted by atomic mass is 9.95. The van der Waals surface area contributed by atoms with E-state index in [-0.39, 0.29) is 41.8 Å². The molecule has 14 heteroatoms. The number of H-pyrrole nitrogens is 2. The summed E-state index contributed by atoms with van der Waals surface area (Å²) < 4.78 is 9.60. The Hall–Kier alpha value is -6.18. The molecule has 1 saturated carbocycles. The van der Waals surface area contributed by atoms with Crippen LogP contribution in [-0.4, -0.2) is 92.6 Å². The number of carbonyl (C=O) groups excluding carboxylic acids is 4. The number of hydrogen-bond donors (Lipinski definition) is 4. The fourth-order valence-corrected chi connectivity index (χ4v) is 9.43. The number of aromatic nitrogens is 4. The largest absolute Gasteiger partial charge is 0.453 e. The van der Waals surface area contributed by atoms with Crippen molar-refractivity contribution in [1.82, 2.24) is 40.4 Å². The summed E-state index contributed by atoms with van der Waals surface area (Å²) in [6.45, 7) is 8.27. The van der Waals surface area contributed by atoms with Crippen molar-refractivity contribution in [3.63, 3.8) is 0 Å². The Morgan fingerprint density at radius 1 is 0.683 bits per heavy atom. The van der Waals surface area contributed by atoms with E-state index in [0.29, 0.717) is 12.5 Å². The van der Waals surface area contributed by atoms with E-state index in [2.05, 4.69) is 81.3 Å². The standard InChI is InChI=1S/C46H54N8O6/c1-25(2)38(51-45(57)59-5)43(55)53-19-7-8-37(53)41-47-23-35(49-41)28-11-9-27(10-12-28)29-13-14-31-21-32(16-15-30(31)20-29)36-24-48-42(50-36)40-33-17-18-34(22-33)54(40)44(56)39(26(3)4)52-46(58)60-6/h9-16,20-21,23-26,33-34,37-40H,7-8,17-19,22H2,1-6H3,(H,47,49)(H,48,50)(H,51,57)(H,52,58)/t33-,34+,37-,38-,39-,40-/m0/s1. The summed E-state index contributed by atoms with van der Waals surface area (Å²) in [4.78, 5) is 72.0. The first kappa shape index (κ1) is 40.6. The number of amides is 4. The number of ether oxygens (including phenoxy) is 2. The van der Waals surface area contributed by atoms with E-state index in [1.807, 2.05) is 49.9 Å². The summed E-state index contributed by atoms with van der Waals surface area (Å²) in [6, 6.07) is 19.6. The van der Waals surface area contributed by atoms with Gasteiger partial charge in [0.05, 0.1) is 50.1 Å². The number of likely N-dealkylation sites (tertiary alicyclic amines) is 2. The second kappa shape index (κ2) is 16.8. The monoisotopic (exact) mass is 814 g/mol. The molecule has 2 saturated heterocycles. The summed E-state index contributed by atoms with van der Waals surface area (Å²) in [5.74, 6) is 1.38. The molecule has 3 fully saturated rings. The van der Waals surface area contributed by atoms with Crippen LogP contribution in [0.25, 0.3) is 44.4 Å². The van der Waals surface area contributed by atoms with Gasteiger partial charge in [-0.2, -0.15) is 0 Å². The SMILES string of the molecule is COC(=O)N[C@H](C(=O)N1CCC[C@H]1c1ncc(-c2ccc(-c3ccc4cc(-c5cnc([C@@H]6[C@H]7CC[C@H](C7)N6C(=O)[C@@H](NC(=O)OC)C(C)C)[nH]5)ccc4c3)cc2)[nH]1)C(C)C. The summed E-state index contributed by atoms with van der Waals surface area (Å²) in [7, 11) is 2.60. The van der Waals surface area contributed by atoms with Crippen LogP contribution in [0.1, 0.15) is 83.5 Å². The van der Waals surface area contributed by atoms with Crippen LogP contribution in [0.2, 0.25) is 0 Å². The third kappa shape index (κ3) is 7.82. The van der Waals surface area contributed by atoms with Crippen LogP contribution in [0.5, 0.6) is 0 Å². The minimum absolute atomic E-state index is 0.0917. The number of aromatic amines is 2. The number of carbonyl (C=O) groups is 4. The number of fused-ring (bicyclic) bond motifs is 3. The summed E-state index contributed by atoms with van der Waals surface area (Å²) in [6.07, 6.45) is 7.00. The number of piperidine rings is 1. The normalized spacial score (nSPS) is 20.8. The molecule has 6 atom stereocenters. The molecular formula is C46H54N8O6. The first-order valence-electron chi connectivity index (χ1n) is 21.0. The van der Waals surface area contributed by atoms with Crippen LogP contribution in [0, 0.1) is 17.8 Å². The Kier molecular flexibility index (Phi) is 11.4. The fourth-order valence-electron chi connectivity index (χ4n) is 9.43. The molecule has 2 bridgehead atoms. The molecule has 0 spiro atoms. The Morgan fingerprint density at radius 2 is 1.23 bits per heavy atom. The van der Waals surface area contributed by atoms with Gasteiger partial charge in [-0.15, -0.1) is 0 Å². The zero-order chi connectivity index (χ0) is 42.2. The minimum atomic E-state index is -0.687. The molecule has 2 aromatic heterocycles. The van der Waals surface area contributed by atoms with E-state index in [1.54, 1.807) is 0 Å². The van der Waals surface area contributed by atoms with Gasteiger partial charge in [0.15, 0.2) is 0 Å². The number of hydrogen-bond acceptors (Lipinski definition) is 8. The van der Waals surface area contributed by atoms with Crippen LogP contribution in [0.3, 0.4) is 0 Å². The van der Waals surface area contributed by atoms with Crippen molar-refractivity contribution in [2.24, 2.45) is 17.8 Å². The topological polar surface area (TPSA) is 175 Å². The molecule has 0 radical (unpaired) electrons. The summed E-state index contributed by atoms with van der Waals surface area (Å²) in [5, 5.41) is 7.67. The Bertz CT molecular complexity index is 2390. The smallest absolute Gasteiger partial charge is 0.407 e. The van der Waals surface area contributed by atoms with Gasteiger partial charge in [0.1, 0.15) is 23.7 Å². The Morgan fingerprint density at radius 3 is 1.88 bits per heavy atom. The Labute approximate surface area is 349 Å². The highest BCUT2D eigenvalue weighted by Crippen LogP contribution is 2.50. The molecule has 3 aliphatic rings. The molecule has 3 aromatic carbocycles. The van der Waals surface area contributed by atoms with E-state index in [1.165, 1.54) is 14.2 Å². The van der Waals surface area contributed by atoms with Gasteiger partial charge in [0.2, 0.25) is 11.8 Å². The van der Waals surface area contributed by atoms with E-state index in [4.69, 9.17) is 19.4 Å². The molecule has 314 valence electrons. The van der Waals surface area contributed by atoms with Crippen molar-refractivity contribution in [3.8, 4) is 33.6 Å². The van der Waals surface area contributed by atoms with Gasteiger partial charge >= 0.3 is 12.2 Å². The third-order valence-electron chi connectivity index (χ3n) is 12.6. The predicted octanol–water partition coefficient (Wildman–Crippen LogP) is 7.76. The van der Waals surface area contributed by atoms with Gasteiger partial charge in [-0.1, -0.05) is 76.2 Å². The van der Waals surface area contributed by atoms with Gasteiger partial charge in [-0.05, 0) is 89.5 Å². The van der Waals surface area contributed by atoms with Gasteiger partial charge in [0, 0.05) is 18.2 Å². The number of nitrogens with one attached hydrogen (secondary N) is 4. The van der Waals surface area contributed by atoms with Crippen LogP contribution >= 0.6 is 0 Å².